The van der Waals surface area contributed by atoms with E-state index in [9.17, 15) is 26.4 Å². The van der Waals surface area contributed by atoms with Gasteiger partial charge in [-0.3, -0.25) is 9.63 Å². The van der Waals surface area contributed by atoms with Crippen LogP contribution < -0.4 is 4.89 Å². The third-order valence-electron chi connectivity index (χ3n) is 2.27. The van der Waals surface area contributed by atoms with Gasteiger partial charge in [0.1, 0.15) is 0 Å². The molecule has 0 atom stereocenters. The van der Waals surface area contributed by atoms with Crippen molar-refractivity contribution < 1.29 is 36.3 Å². The predicted octanol–water partition coefficient (Wildman–Crippen LogP) is 1.48. The first kappa shape index (κ1) is 17.4. The van der Waals surface area contributed by atoms with Crippen molar-refractivity contribution in [2.24, 2.45) is 0 Å². The molecule has 21 heavy (non-hydrogen) atoms. The van der Waals surface area contributed by atoms with Crippen LogP contribution in [-0.4, -0.2) is 32.3 Å². The number of sulfonamides is 1. The number of hydrogen-bond acceptors (Lipinski definition) is 4. The van der Waals surface area contributed by atoms with E-state index in [4.69, 9.17) is 5.11 Å². The Hall–Kier alpha value is -1.65. The summed E-state index contributed by atoms with van der Waals surface area (Å²) in [6.45, 7) is -1.75. The van der Waals surface area contributed by atoms with E-state index in [1.807, 2.05) is 0 Å². The molecule has 0 radical (unpaired) electrons. The molecule has 0 aliphatic heterocycles. The number of benzene rings is 1. The minimum absolute atomic E-state index is 0.112. The van der Waals surface area contributed by atoms with Crippen molar-refractivity contribution in [2.75, 3.05) is 6.61 Å². The molecule has 0 saturated carbocycles. The van der Waals surface area contributed by atoms with Gasteiger partial charge in [0.25, 0.3) is 10.0 Å². The molecule has 0 unspecified atom stereocenters. The van der Waals surface area contributed by atoms with Crippen molar-refractivity contribution in [3.8, 4) is 0 Å². The smallest absolute Gasteiger partial charge is 0.413 e. The van der Waals surface area contributed by atoms with Crippen molar-refractivity contribution in [1.29, 1.82) is 0 Å². The molecule has 0 spiro atoms. The van der Waals surface area contributed by atoms with Crippen LogP contribution in [0, 0.1) is 0 Å². The Bertz CT molecular complexity index is 583. The molecular formula is C11H12F3NO5S. The largest absolute Gasteiger partial charge is 0.481 e. The monoisotopic (exact) mass is 327 g/mol. The molecule has 0 aromatic heterocycles. The first-order valence-electron chi connectivity index (χ1n) is 5.61. The number of hydrogen-bond donors (Lipinski definition) is 2. The lowest BCUT2D eigenvalue weighted by atomic mass is 10.1. The first-order chi connectivity index (χ1) is 9.60. The van der Waals surface area contributed by atoms with E-state index >= 15 is 0 Å². The molecule has 0 fully saturated rings. The number of rotatable bonds is 7. The standard InChI is InChI=1S/C11H12F3NO5S/c12-11(13,14)7-20-15-21(18,19)9-4-1-8(2-5-9)3-6-10(16)17/h1-2,4-5,15H,3,6-7H2,(H,16,17). The van der Waals surface area contributed by atoms with Gasteiger partial charge >= 0.3 is 12.1 Å². The molecule has 0 amide bonds. The summed E-state index contributed by atoms with van der Waals surface area (Å²) in [4.78, 5) is 15.3. The zero-order valence-electron chi connectivity index (χ0n) is 10.6. The van der Waals surface area contributed by atoms with Gasteiger partial charge in [-0.2, -0.15) is 13.2 Å². The maximum absolute atomic E-state index is 11.8. The topological polar surface area (TPSA) is 92.7 Å². The predicted molar refractivity (Wildman–Crippen MR) is 64.7 cm³/mol. The van der Waals surface area contributed by atoms with Crippen LogP contribution in [0.4, 0.5) is 13.2 Å². The Balaban J connectivity index is 2.65. The van der Waals surface area contributed by atoms with E-state index < -0.39 is 28.8 Å². The lowest BCUT2D eigenvalue weighted by Gasteiger charge is -2.09. The molecule has 0 heterocycles. The Kier molecular flexibility index (Phi) is 5.70. The molecule has 2 N–H and O–H groups in total. The van der Waals surface area contributed by atoms with Crippen molar-refractivity contribution in [2.45, 2.75) is 23.9 Å². The van der Waals surface area contributed by atoms with Gasteiger partial charge in [-0.15, -0.1) is 0 Å². The Morgan fingerprint density at radius 1 is 1.24 bits per heavy atom. The zero-order valence-corrected chi connectivity index (χ0v) is 11.4. The number of carboxylic acid groups (broad SMARTS) is 1. The number of halogens is 3. The van der Waals surface area contributed by atoms with E-state index in [0.717, 1.165) is 12.1 Å². The highest BCUT2D eigenvalue weighted by molar-refractivity contribution is 7.89. The fourth-order valence-corrected chi connectivity index (χ4v) is 2.13. The average molecular weight is 327 g/mol. The zero-order chi connectivity index (χ0) is 16.1. The van der Waals surface area contributed by atoms with E-state index in [1.165, 1.54) is 17.0 Å². The van der Waals surface area contributed by atoms with Crippen molar-refractivity contribution >= 4 is 16.0 Å². The van der Waals surface area contributed by atoms with Gasteiger partial charge in [0.05, 0.1) is 4.90 Å². The van der Waals surface area contributed by atoms with Gasteiger partial charge in [-0.25, -0.2) is 8.42 Å². The van der Waals surface area contributed by atoms with Crippen LogP contribution in [0.15, 0.2) is 29.2 Å². The summed E-state index contributed by atoms with van der Waals surface area (Å²) < 4.78 is 58.7. The molecule has 1 aromatic carbocycles. The van der Waals surface area contributed by atoms with E-state index in [1.54, 1.807) is 0 Å². The summed E-state index contributed by atoms with van der Waals surface area (Å²) in [5.41, 5.74) is 0.590. The minimum Gasteiger partial charge on any atom is -0.481 e. The quantitative estimate of drug-likeness (QED) is 0.740. The number of alkyl halides is 3. The van der Waals surface area contributed by atoms with Crippen LogP contribution >= 0.6 is 0 Å². The van der Waals surface area contributed by atoms with Crippen molar-refractivity contribution in [3.63, 3.8) is 0 Å². The Labute approximate surface area is 118 Å². The van der Waals surface area contributed by atoms with Crippen LogP contribution in [-0.2, 0) is 26.1 Å². The van der Waals surface area contributed by atoms with Crippen LogP contribution in [0.5, 0.6) is 0 Å². The summed E-state index contributed by atoms with van der Waals surface area (Å²) in [5.74, 6) is -0.992. The molecule has 6 nitrogen and oxygen atoms in total. The van der Waals surface area contributed by atoms with Crippen LogP contribution in [0.2, 0.25) is 0 Å². The van der Waals surface area contributed by atoms with E-state index in [2.05, 4.69) is 4.84 Å². The summed E-state index contributed by atoms with van der Waals surface area (Å²) in [6.07, 6.45) is -4.55. The molecule has 118 valence electrons. The fraction of sp³-hybridized carbons (Fsp3) is 0.364. The number of aliphatic carboxylic acids is 1. The summed E-state index contributed by atoms with van der Waals surface area (Å²) in [6, 6.07) is 5.05. The third-order valence-corrected chi connectivity index (χ3v) is 3.50. The van der Waals surface area contributed by atoms with Crippen LogP contribution in [0.25, 0.3) is 0 Å². The van der Waals surface area contributed by atoms with Gasteiger partial charge in [-0.1, -0.05) is 17.0 Å². The Morgan fingerprint density at radius 3 is 2.29 bits per heavy atom. The number of nitrogens with one attached hydrogen (secondary N) is 1. The fourth-order valence-electron chi connectivity index (χ4n) is 1.32. The van der Waals surface area contributed by atoms with Crippen molar-refractivity contribution in [3.05, 3.63) is 29.8 Å². The molecule has 10 heteroatoms. The van der Waals surface area contributed by atoms with Gasteiger partial charge in [0, 0.05) is 6.42 Å². The van der Waals surface area contributed by atoms with Gasteiger partial charge in [0.15, 0.2) is 6.61 Å². The SMILES string of the molecule is O=C(O)CCc1ccc(S(=O)(=O)NOCC(F)(F)F)cc1. The van der Waals surface area contributed by atoms with Gasteiger partial charge < -0.3 is 5.11 Å². The highest BCUT2D eigenvalue weighted by Gasteiger charge is 2.29. The van der Waals surface area contributed by atoms with Crippen LogP contribution in [0.1, 0.15) is 12.0 Å². The molecular weight excluding hydrogens is 315 g/mol. The summed E-state index contributed by atoms with van der Waals surface area (Å²) in [7, 11) is -4.22. The second-order valence-corrected chi connectivity index (χ2v) is 5.67. The Morgan fingerprint density at radius 2 is 1.81 bits per heavy atom. The van der Waals surface area contributed by atoms with E-state index in [0.29, 0.717) is 5.56 Å². The highest BCUT2D eigenvalue weighted by Crippen LogP contribution is 2.15. The van der Waals surface area contributed by atoms with Gasteiger partial charge in [-0.05, 0) is 24.1 Å². The maximum atomic E-state index is 11.8. The lowest BCUT2D eigenvalue weighted by molar-refractivity contribution is -0.181. The normalized spacial score (nSPS) is 12.3. The average Bonchev–Trinajstić information content (AvgIpc) is 2.35. The van der Waals surface area contributed by atoms with E-state index in [-0.39, 0.29) is 17.7 Å². The van der Waals surface area contributed by atoms with Gasteiger partial charge in [0.2, 0.25) is 0 Å². The molecule has 0 aliphatic rings. The highest BCUT2D eigenvalue weighted by atomic mass is 32.2. The van der Waals surface area contributed by atoms with Crippen molar-refractivity contribution in [1.82, 2.24) is 4.89 Å². The number of aryl methyl sites for hydroxylation is 1. The first-order valence-corrected chi connectivity index (χ1v) is 7.09. The lowest BCUT2D eigenvalue weighted by Crippen LogP contribution is -2.29. The maximum Gasteiger partial charge on any atom is 0.413 e. The molecule has 0 saturated heterocycles. The minimum atomic E-state index is -4.65. The second kappa shape index (κ2) is 6.87. The third kappa shape index (κ3) is 6.56. The van der Waals surface area contributed by atoms with Crippen LogP contribution in [0.3, 0.4) is 0 Å². The summed E-state index contributed by atoms with van der Waals surface area (Å²) >= 11 is 0. The molecule has 1 rings (SSSR count). The summed E-state index contributed by atoms with van der Waals surface area (Å²) in [5, 5.41) is 8.51. The number of carbonyl (C=O) groups is 1. The number of carboxylic acids is 1. The second-order valence-electron chi connectivity index (χ2n) is 4.03. The molecule has 0 bridgehead atoms. The molecule has 0 aliphatic carbocycles. The molecule has 1 aromatic rings.